The number of aromatic nitrogens is 2. The molecule has 0 amide bonds. The van der Waals surface area contributed by atoms with Crippen molar-refractivity contribution in [1.82, 2.24) is 9.78 Å². The predicted octanol–water partition coefficient (Wildman–Crippen LogP) is 3.21. The number of hydrogen-bond acceptors (Lipinski definition) is 3. The fraction of sp³-hybridized carbons (Fsp3) is 0.235. The van der Waals surface area contributed by atoms with Crippen LogP contribution in [-0.4, -0.2) is 14.9 Å². The first-order valence-electron chi connectivity index (χ1n) is 6.96. The van der Waals surface area contributed by atoms with Crippen molar-refractivity contribution in [3.8, 4) is 5.75 Å². The number of fused-ring (bicyclic) bond motifs is 1. The number of aliphatic hydroxyl groups is 1. The SMILES string of the molecule is CC(O)c1ccc2ccccc2c1OCc1ccn(C)n1. The first-order valence-corrected chi connectivity index (χ1v) is 6.96. The number of hydrogen-bond donors (Lipinski definition) is 1. The van der Waals surface area contributed by atoms with Crippen LogP contribution in [-0.2, 0) is 13.7 Å². The lowest BCUT2D eigenvalue weighted by atomic mass is 10.0. The number of ether oxygens (including phenoxy) is 1. The molecule has 4 heteroatoms. The van der Waals surface area contributed by atoms with Crippen LogP contribution in [0.4, 0.5) is 0 Å². The average molecular weight is 282 g/mol. The fourth-order valence-corrected chi connectivity index (χ4v) is 2.44. The van der Waals surface area contributed by atoms with E-state index in [0.29, 0.717) is 6.61 Å². The Morgan fingerprint density at radius 1 is 1.19 bits per heavy atom. The highest BCUT2D eigenvalue weighted by atomic mass is 16.5. The summed E-state index contributed by atoms with van der Waals surface area (Å²) in [6, 6.07) is 13.9. The molecule has 3 aromatic rings. The van der Waals surface area contributed by atoms with Crippen molar-refractivity contribution in [2.75, 3.05) is 0 Å². The molecule has 4 nitrogen and oxygen atoms in total. The minimum absolute atomic E-state index is 0.383. The van der Waals surface area contributed by atoms with Crippen LogP contribution in [0.2, 0.25) is 0 Å². The zero-order valence-electron chi connectivity index (χ0n) is 12.2. The van der Waals surface area contributed by atoms with Crippen LogP contribution >= 0.6 is 0 Å². The van der Waals surface area contributed by atoms with Crippen molar-refractivity contribution in [1.29, 1.82) is 0 Å². The molecule has 2 aromatic carbocycles. The van der Waals surface area contributed by atoms with Crippen molar-refractivity contribution >= 4 is 10.8 Å². The molecule has 1 atom stereocenters. The first-order chi connectivity index (χ1) is 10.1. The zero-order chi connectivity index (χ0) is 14.8. The van der Waals surface area contributed by atoms with E-state index in [1.165, 1.54) is 0 Å². The third kappa shape index (κ3) is 2.76. The number of aryl methyl sites for hydroxylation is 1. The lowest BCUT2D eigenvalue weighted by Gasteiger charge is -2.15. The van der Waals surface area contributed by atoms with E-state index >= 15 is 0 Å². The van der Waals surface area contributed by atoms with E-state index < -0.39 is 6.10 Å². The second-order valence-corrected chi connectivity index (χ2v) is 5.15. The Morgan fingerprint density at radius 2 is 2.00 bits per heavy atom. The molecule has 0 aliphatic rings. The van der Waals surface area contributed by atoms with Gasteiger partial charge in [0, 0.05) is 24.2 Å². The summed E-state index contributed by atoms with van der Waals surface area (Å²) in [7, 11) is 1.88. The summed E-state index contributed by atoms with van der Waals surface area (Å²) in [5.74, 6) is 0.730. The van der Waals surface area contributed by atoms with Crippen molar-refractivity contribution in [3.63, 3.8) is 0 Å². The third-order valence-electron chi connectivity index (χ3n) is 3.49. The minimum Gasteiger partial charge on any atom is -0.486 e. The summed E-state index contributed by atoms with van der Waals surface area (Å²) in [6.07, 6.45) is 1.31. The van der Waals surface area contributed by atoms with Gasteiger partial charge in [-0.05, 0) is 18.4 Å². The average Bonchev–Trinajstić information content (AvgIpc) is 2.90. The molecule has 0 radical (unpaired) electrons. The Kier molecular flexibility index (Phi) is 3.62. The highest BCUT2D eigenvalue weighted by molar-refractivity contribution is 5.89. The number of aliphatic hydroxyl groups excluding tert-OH is 1. The maximum Gasteiger partial charge on any atom is 0.133 e. The second-order valence-electron chi connectivity index (χ2n) is 5.15. The topological polar surface area (TPSA) is 47.3 Å². The van der Waals surface area contributed by atoms with E-state index in [1.54, 1.807) is 11.6 Å². The van der Waals surface area contributed by atoms with Crippen LogP contribution in [0.25, 0.3) is 10.8 Å². The first kappa shape index (κ1) is 13.6. The standard InChI is InChI=1S/C17H18N2O2/c1-12(20)15-8-7-13-5-3-4-6-16(13)17(15)21-11-14-9-10-19(2)18-14/h3-10,12,20H,11H2,1-2H3. The van der Waals surface area contributed by atoms with E-state index in [9.17, 15) is 5.11 Å². The molecule has 0 spiro atoms. The van der Waals surface area contributed by atoms with Gasteiger partial charge in [-0.3, -0.25) is 4.68 Å². The number of benzene rings is 2. The highest BCUT2D eigenvalue weighted by Crippen LogP contribution is 2.34. The Hall–Kier alpha value is -2.33. The van der Waals surface area contributed by atoms with Crippen LogP contribution in [0.15, 0.2) is 48.7 Å². The van der Waals surface area contributed by atoms with Crippen LogP contribution in [0, 0.1) is 0 Å². The monoisotopic (exact) mass is 282 g/mol. The Balaban J connectivity index is 1.99. The van der Waals surface area contributed by atoms with Gasteiger partial charge in [0.2, 0.25) is 0 Å². The van der Waals surface area contributed by atoms with E-state index in [-0.39, 0.29) is 0 Å². The maximum absolute atomic E-state index is 9.97. The molecule has 0 bridgehead atoms. The van der Waals surface area contributed by atoms with E-state index in [0.717, 1.165) is 27.8 Å². The molecule has 21 heavy (non-hydrogen) atoms. The van der Waals surface area contributed by atoms with Crippen LogP contribution < -0.4 is 4.74 Å². The smallest absolute Gasteiger partial charge is 0.133 e. The Labute approximate surface area is 123 Å². The van der Waals surface area contributed by atoms with E-state index in [2.05, 4.69) is 5.10 Å². The molecule has 0 saturated heterocycles. The van der Waals surface area contributed by atoms with Gasteiger partial charge in [0.1, 0.15) is 12.4 Å². The lowest BCUT2D eigenvalue weighted by molar-refractivity contribution is 0.190. The molecule has 0 saturated carbocycles. The van der Waals surface area contributed by atoms with E-state index in [4.69, 9.17) is 4.74 Å². The maximum atomic E-state index is 9.97. The van der Waals surface area contributed by atoms with Gasteiger partial charge in [0.05, 0.1) is 11.8 Å². The summed E-state index contributed by atoms with van der Waals surface area (Å²) in [6.45, 7) is 2.13. The highest BCUT2D eigenvalue weighted by Gasteiger charge is 2.13. The molecular weight excluding hydrogens is 264 g/mol. The lowest BCUT2D eigenvalue weighted by Crippen LogP contribution is -2.03. The van der Waals surface area contributed by atoms with Gasteiger partial charge in [-0.15, -0.1) is 0 Å². The molecule has 1 aromatic heterocycles. The fourth-order valence-electron chi connectivity index (χ4n) is 2.44. The van der Waals surface area contributed by atoms with Crippen molar-refractivity contribution in [3.05, 3.63) is 59.9 Å². The summed E-state index contributed by atoms with van der Waals surface area (Å²) in [5, 5.41) is 16.4. The second kappa shape index (κ2) is 5.58. The van der Waals surface area contributed by atoms with Gasteiger partial charge in [-0.1, -0.05) is 36.4 Å². The zero-order valence-corrected chi connectivity index (χ0v) is 12.2. The molecule has 0 fully saturated rings. The molecule has 1 unspecified atom stereocenters. The normalized spacial score (nSPS) is 12.5. The van der Waals surface area contributed by atoms with Crippen molar-refractivity contribution in [2.24, 2.45) is 7.05 Å². The van der Waals surface area contributed by atoms with Crippen LogP contribution in [0.3, 0.4) is 0 Å². The van der Waals surface area contributed by atoms with Crippen molar-refractivity contribution in [2.45, 2.75) is 19.6 Å². The number of rotatable bonds is 4. The summed E-state index contributed by atoms with van der Waals surface area (Å²) in [4.78, 5) is 0. The minimum atomic E-state index is -0.576. The third-order valence-corrected chi connectivity index (χ3v) is 3.49. The molecular formula is C17H18N2O2. The number of nitrogens with zero attached hydrogens (tertiary/aromatic N) is 2. The van der Waals surface area contributed by atoms with Gasteiger partial charge in [-0.25, -0.2) is 0 Å². The summed E-state index contributed by atoms with van der Waals surface area (Å²) in [5.41, 5.74) is 1.66. The van der Waals surface area contributed by atoms with Crippen LogP contribution in [0.1, 0.15) is 24.3 Å². The summed E-state index contributed by atoms with van der Waals surface area (Å²) < 4.78 is 7.72. The molecule has 0 aliphatic heterocycles. The van der Waals surface area contributed by atoms with Gasteiger partial charge in [0.25, 0.3) is 0 Å². The molecule has 0 aliphatic carbocycles. The van der Waals surface area contributed by atoms with E-state index in [1.807, 2.05) is 55.7 Å². The van der Waals surface area contributed by atoms with Gasteiger partial charge < -0.3 is 9.84 Å². The Bertz CT molecular complexity index is 762. The molecule has 3 rings (SSSR count). The van der Waals surface area contributed by atoms with Crippen molar-refractivity contribution < 1.29 is 9.84 Å². The quantitative estimate of drug-likeness (QED) is 0.799. The Morgan fingerprint density at radius 3 is 2.71 bits per heavy atom. The molecule has 1 N–H and O–H groups in total. The molecule has 1 heterocycles. The summed E-state index contributed by atoms with van der Waals surface area (Å²) >= 11 is 0. The largest absolute Gasteiger partial charge is 0.486 e. The van der Waals surface area contributed by atoms with Gasteiger partial charge >= 0.3 is 0 Å². The van der Waals surface area contributed by atoms with Crippen LogP contribution in [0.5, 0.6) is 5.75 Å². The van der Waals surface area contributed by atoms with Gasteiger partial charge in [0.15, 0.2) is 0 Å². The predicted molar refractivity (Wildman–Crippen MR) is 82.1 cm³/mol. The van der Waals surface area contributed by atoms with Gasteiger partial charge in [-0.2, -0.15) is 5.10 Å². The molecule has 108 valence electrons.